The lowest BCUT2D eigenvalue weighted by Crippen LogP contribution is -2.34. The van der Waals surface area contributed by atoms with Crippen LogP contribution in [0.1, 0.15) is 18.5 Å². The van der Waals surface area contributed by atoms with Crippen LogP contribution >= 0.6 is 11.3 Å². The summed E-state index contributed by atoms with van der Waals surface area (Å²) in [5.41, 5.74) is 6.66. The summed E-state index contributed by atoms with van der Waals surface area (Å²) in [6.45, 7) is 3.22. The molecule has 0 radical (unpaired) electrons. The van der Waals surface area contributed by atoms with Gasteiger partial charge in [-0.25, -0.2) is 19.3 Å². The van der Waals surface area contributed by atoms with Gasteiger partial charge in [-0.2, -0.15) is 10.2 Å². The third-order valence-corrected chi connectivity index (χ3v) is 5.48. The summed E-state index contributed by atoms with van der Waals surface area (Å²) in [4.78, 5) is 18.8. The van der Waals surface area contributed by atoms with E-state index in [9.17, 15) is 9.65 Å². The van der Waals surface area contributed by atoms with E-state index in [0.717, 1.165) is 25.6 Å². The molecule has 0 amide bonds. The molecule has 1 fully saturated rings. The predicted octanol–water partition coefficient (Wildman–Crippen LogP) is 2.99. The largest absolute Gasteiger partial charge is 0.368 e. The molecule has 3 N–H and O–H groups in total. The molecule has 4 heterocycles. The molecule has 1 aliphatic heterocycles. The number of pyridine rings is 1. The van der Waals surface area contributed by atoms with Crippen molar-refractivity contribution in [2.24, 2.45) is 5.92 Å². The molecule has 10 heteroatoms. The SMILES string of the molecule is Cc1cc(Nc2ncc(F)c3nc(N4CCC[C@H](C#N)C4)sc23)nc(N)n1. The van der Waals surface area contributed by atoms with E-state index < -0.39 is 5.82 Å². The number of thiazole rings is 1. The van der Waals surface area contributed by atoms with Gasteiger partial charge in [0, 0.05) is 24.8 Å². The van der Waals surface area contributed by atoms with Crippen LogP contribution in [0.15, 0.2) is 12.3 Å². The highest BCUT2D eigenvalue weighted by atomic mass is 32.1. The first-order valence-electron chi connectivity index (χ1n) is 8.51. The summed E-state index contributed by atoms with van der Waals surface area (Å²) in [6.07, 6.45) is 2.94. The normalized spacial score (nSPS) is 17.1. The standard InChI is InChI=1S/C17H17FN8S/c1-9-5-12(24-16(20)22-9)23-15-14-13(11(18)7-21-15)25-17(27-14)26-4-2-3-10(6-19)8-26/h5,7,10H,2-4,8H2,1H3,(H3,20,21,22,23,24)/t10-/m1/s1. The van der Waals surface area contributed by atoms with Gasteiger partial charge in [-0.05, 0) is 19.8 Å². The van der Waals surface area contributed by atoms with E-state index in [2.05, 4.69) is 31.3 Å². The second kappa shape index (κ2) is 6.92. The monoisotopic (exact) mass is 384 g/mol. The Hall–Kier alpha value is -3.06. The molecule has 0 spiro atoms. The van der Waals surface area contributed by atoms with Crippen LogP contribution in [0.4, 0.5) is 27.1 Å². The molecule has 0 saturated carbocycles. The number of aromatic nitrogens is 4. The Kier molecular flexibility index (Phi) is 4.45. The highest BCUT2D eigenvalue weighted by Crippen LogP contribution is 2.36. The topological polar surface area (TPSA) is 117 Å². The molecule has 0 unspecified atom stereocenters. The lowest BCUT2D eigenvalue weighted by Gasteiger charge is -2.28. The fourth-order valence-electron chi connectivity index (χ4n) is 3.13. The lowest BCUT2D eigenvalue weighted by molar-refractivity contribution is 0.493. The predicted molar refractivity (Wildman–Crippen MR) is 102 cm³/mol. The number of nitrogen functional groups attached to an aromatic ring is 1. The molecule has 138 valence electrons. The van der Waals surface area contributed by atoms with Crippen LogP contribution in [-0.2, 0) is 0 Å². The molecule has 0 aromatic carbocycles. The number of hydrogen-bond donors (Lipinski definition) is 2. The van der Waals surface area contributed by atoms with Crippen LogP contribution < -0.4 is 16.0 Å². The number of rotatable bonds is 3. The maximum absolute atomic E-state index is 14.3. The van der Waals surface area contributed by atoms with E-state index in [1.807, 2.05) is 11.8 Å². The van der Waals surface area contributed by atoms with Crippen LogP contribution in [0.5, 0.6) is 0 Å². The van der Waals surface area contributed by atoms with E-state index in [-0.39, 0.29) is 17.4 Å². The van der Waals surface area contributed by atoms with Crippen molar-refractivity contribution in [3.63, 3.8) is 0 Å². The number of nitrogens with one attached hydrogen (secondary N) is 1. The molecule has 0 aliphatic carbocycles. The van der Waals surface area contributed by atoms with Gasteiger partial charge < -0.3 is 16.0 Å². The second-order valence-electron chi connectivity index (χ2n) is 6.42. The zero-order chi connectivity index (χ0) is 19.0. The molecule has 3 aromatic heterocycles. The fraction of sp³-hybridized carbons (Fsp3) is 0.353. The minimum atomic E-state index is -0.481. The third kappa shape index (κ3) is 3.46. The summed E-state index contributed by atoms with van der Waals surface area (Å²) >= 11 is 1.35. The number of nitrogens with two attached hydrogens (primary N) is 1. The van der Waals surface area contributed by atoms with Gasteiger partial charge >= 0.3 is 0 Å². The Morgan fingerprint density at radius 3 is 3.04 bits per heavy atom. The summed E-state index contributed by atoms with van der Waals surface area (Å²) in [7, 11) is 0. The Balaban J connectivity index is 1.71. The first-order chi connectivity index (χ1) is 13.0. The van der Waals surface area contributed by atoms with E-state index >= 15 is 0 Å². The molecule has 27 heavy (non-hydrogen) atoms. The average Bonchev–Trinajstić information content (AvgIpc) is 3.10. The zero-order valence-electron chi connectivity index (χ0n) is 14.6. The lowest BCUT2D eigenvalue weighted by atomic mass is 10.0. The average molecular weight is 384 g/mol. The Morgan fingerprint density at radius 1 is 1.41 bits per heavy atom. The fourth-order valence-corrected chi connectivity index (χ4v) is 4.18. The number of halogens is 1. The van der Waals surface area contributed by atoms with Gasteiger partial charge in [-0.3, -0.25) is 0 Å². The van der Waals surface area contributed by atoms with E-state index in [1.165, 1.54) is 11.3 Å². The maximum Gasteiger partial charge on any atom is 0.222 e. The van der Waals surface area contributed by atoms with Crippen molar-refractivity contribution in [2.45, 2.75) is 19.8 Å². The van der Waals surface area contributed by atoms with Gasteiger partial charge in [0.15, 0.2) is 16.8 Å². The number of aryl methyl sites for hydroxylation is 1. The van der Waals surface area contributed by atoms with Crippen molar-refractivity contribution in [3.8, 4) is 6.07 Å². The Labute approximate surface area is 158 Å². The van der Waals surface area contributed by atoms with Crippen molar-refractivity contribution >= 4 is 44.3 Å². The third-order valence-electron chi connectivity index (χ3n) is 4.36. The van der Waals surface area contributed by atoms with Gasteiger partial charge in [0.05, 0.1) is 18.2 Å². The number of nitrogens with zero attached hydrogens (tertiary/aromatic N) is 6. The molecule has 1 saturated heterocycles. The highest BCUT2D eigenvalue weighted by molar-refractivity contribution is 7.22. The molecular formula is C17H17FN8S. The first-order valence-corrected chi connectivity index (χ1v) is 9.33. The minimum Gasteiger partial charge on any atom is -0.368 e. The summed E-state index contributed by atoms with van der Waals surface area (Å²) in [5, 5.41) is 13.0. The van der Waals surface area contributed by atoms with E-state index in [0.29, 0.717) is 33.7 Å². The first kappa shape index (κ1) is 17.4. The molecule has 8 nitrogen and oxygen atoms in total. The van der Waals surface area contributed by atoms with Gasteiger partial charge in [0.1, 0.15) is 16.0 Å². The van der Waals surface area contributed by atoms with E-state index in [4.69, 9.17) is 5.73 Å². The maximum atomic E-state index is 14.3. The quantitative estimate of drug-likeness (QED) is 0.708. The van der Waals surface area contributed by atoms with Gasteiger partial charge in [0.25, 0.3) is 0 Å². The number of nitriles is 1. The van der Waals surface area contributed by atoms with Crippen LogP contribution in [-0.4, -0.2) is 33.0 Å². The van der Waals surface area contributed by atoms with Crippen molar-refractivity contribution in [1.29, 1.82) is 5.26 Å². The molecule has 1 atom stereocenters. The number of hydrogen-bond acceptors (Lipinski definition) is 9. The minimum absolute atomic E-state index is 0.0294. The summed E-state index contributed by atoms with van der Waals surface area (Å²) in [5.74, 6) is 0.583. The second-order valence-corrected chi connectivity index (χ2v) is 7.40. The smallest absolute Gasteiger partial charge is 0.222 e. The highest BCUT2D eigenvalue weighted by Gasteiger charge is 2.24. The van der Waals surface area contributed by atoms with Crippen LogP contribution in [0.25, 0.3) is 10.2 Å². The molecule has 4 rings (SSSR count). The van der Waals surface area contributed by atoms with Crippen LogP contribution in [0, 0.1) is 30.0 Å². The summed E-state index contributed by atoms with van der Waals surface area (Å²) in [6, 6.07) is 4.05. The number of anilines is 4. The van der Waals surface area contributed by atoms with Gasteiger partial charge in [-0.1, -0.05) is 11.3 Å². The Bertz CT molecular complexity index is 1020. The Morgan fingerprint density at radius 2 is 2.26 bits per heavy atom. The van der Waals surface area contributed by atoms with Gasteiger partial charge in [-0.15, -0.1) is 0 Å². The van der Waals surface area contributed by atoms with Crippen molar-refractivity contribution in [3.05, 3.63) is 23.8 Å². The molecule has 3 aromatic rings. The van der Waals surface area contributed by atoms with Crippen molar-refractivity contribution in [2.75, 3.05) is 29.0 Å². The number of fused-ring (bicyclic) bond motifs is 1. The van der Waals surface area contributed by atoms with Crippen LogP contribution in [0.2, 0.25) is 0 Å². The van der Waals surface area contributed by atoms with Crippen molar-refractivity contribution < 1.29 is 4.39 Å². The zero-order valence-corrected chi connectivity index (χ0v) is 15.4. The van der Waals surface area contributed by atoms with Crippen LogP contribution in [0.3, 0.4) is 0 Å². The van der Waals surface area contributed by atoms with E-state index in [1.54, 1.807) is 6.07 Å². The summed E-state index contributed by atoms with van der Waals surface area (Å²) < 4.78 is 14.9. The van der Waals surface area contributed by atoms with Gasteiger partial charge in [0.2, 0.25) is 5.95 Å². The molecule has 1 aliphatic rings. The van der Waals surface area contributed by atoms with Crippen molar-refractivity contribution in [1.82, 2.24) is 19.9 Å². The number of piperidine rings is 1. The molecular weight excluding hydrogens is 367 g/mol. The molecule has 0 bridgehead atoms.